The van der Waals surface area contributed by atoms with E-state index in [1.807, 2.05) is 25.2 Å². The molecule has 3 heteroatoms. The summed E-state index contributed by atoms with van der Waals surface area (Å²) in [7, 11) is 0. The molecular formula is C10H8BrNO. The molecule has 2 rings (SSSR count). The van der Waals surface area contributed by atoms with Gasteiger partial charge in [-0.2, -0.15) is 0 Å². The summed E-state index contributed by atoms with van der Waals surface area (Å²) in [5.74, 6) is 0.00313. The standard InChI is InChI=1S/C10H8BrNO/c1-6-2-4-8(11)10-7(6)3-5-9(13)12-10/h2-5,7H,1H3. The van der Waals surface area contributed by atoms with E-state index in [1.54, 1.807) is 0 Å². The highest BCUT2D eigenvalue weighted by Gasteiger charge is 2.24. The molecule has 1 heterocycles. The first-order chi connectivity index (χ1) is 6.18. The number of hydrogen-bond donors (Lipinski definition) is 0. The van der Waals surface area contributed by atoms with E-state index >= 15 is 0 Å². The first kappa shape index (κ1) is 8.63. The summed E-state index contributed by atoms with van der Waals surface area (Å²) in [6.45, 7) is 2.04. The Morgan fingerprint density at radius 1 is 1.46 bits per heavy atom. The van der Waals surface area contributed by atoms with Crippen molar-refractivity contribution in [2.24, 2.45) is 10.9 Å². The van der Waals surface area contributed by atoms with Gasteiger partial charge in [0.05, 0.1) is 5.71 Å². The summed E-state index contributed by atoms with van der Waals surface area (Å²) in [5, 5.41) is 0. The minimum absolute atomic E-state index is 0.175. The summed E-state index contributed by atoms with van der Waals surface area (Å²) in [6, 6.07) is 0. The minimum atomic E-state index is -0.175. The Morgan fingerprint density at radius 2 is 2.23 bits per heavy atom. The molecule has 2 nitrogen and oxygen atoms in total. The Morgan fingerprint density at radius 3 is 3.00 bits per heavy atom. The molecule has 0 saturated heterocycles. The van der Waals surface area contributed by atoms with Crippen LogP contribution in [0.25, 0.3) is 0 Å². The van der Waals surface area contributed by atoms with Crippen LogP contribution in [0.5, 0.6) is 0 Å². The van der Waals surface area contributed by atoms with Crippen molar-refractivity contribution < 1.29 is 4.79 Å². The van der Waals surface area contributed by atoms with Gasteiger partial charge in [0.25, 0.3) is 5.91 Å². The van der Waals surface area contributed by atoms with Crippen molar-refractivity contribution >= 4 is 27.5 Å². The number of allylic oxidation sites excluding steroid dienone is 5. The van der Waals surface area contributed by atoms with Crippen LogP contribution in [0.4, 0.5) is 0 Å². The van der Waals surface area contributed by atoms with Crippen molar-refractivity contribution in [3.05, 3.63) is 34.4 Å². The number of fused-ring (bicyclic) bond motifs is 1. The monoisotopic (exact) mass is 237 g/mol. The second-order valence-electron chi connectivity index (χ2n) is 3.10. The van der Waals surface area contributed by atoms with E-state index in [2.05, 4.69) is 20.9 Å². The Hall–Kier alpha value is -0.960. The highest BCUT2D eigenvalue weighted by Crippen LogP contribution is 2.29. The van der Waals surface area contributed by atoms with Crippen LogP contribution in [0.3, 0.4) is 0 Å². The fourth-order valence-electron chi connectivity index (χ4n) is 1.46. The van der Waals surface area contributed by atoms with Crippen molar-refractivity contribution in [2.75, 3.05) is 0 Å². The fraction of sp³-hybridized carbons (Fsp3) is 0.200. The summed E-state index contributed by atoms with van der Waals surface area (Å²) < 4.78 is 0.904. The predicted molar refractivity (Wildman–Crippen MR) is 55.8 cm³/mol. The SMILES string of the molecule is CC1=CC=C(Br)C2=NC(=O)C=CC12. The van der Waals surface area contributed by atoms with Crippen molar-refractivity contribution in [2.45, 2.75) is 6.92 Å². The summed E-state index contributed by atoms with van der Waals surface area (Å²) in [5.41, 5.74) is 2.04. The summed E-state index contributed by atoms with van der Waals surface area (Å²) in [4.78, 5) is 15.0. The maximum absolute atomic E-state index is 11.0. The number of carbonyl (C=O) groups is 1. The molecule has 1 aliphatic heterocycles. The molecule has 0 bridgehead atoms. The van der Waals surface area contributed by atoms with Crippen LogP contribution in [0.15, 0.2) is 39.4 Å². The van der Waals surface area contributed by atoms with E-state index in [9.17, 15) is 4.79 Å². The average molecular weight is 238 g/mol. The van der Waals surface area contributed by atoms with E-state index in [0.717, 1.165) is 10.2 Å². The molecule has 0 aromatic carbocycles. The highest BCUT2D eigenvalue weighted by atomic mass is 79.9. The maximum atomic E-state index is 11.0. The van der Waals surface area contributed by atoms with Crippen LogP contribution in [0.2, 0.25) is 0 Å². The van der Waals surface area contributed by atoms with Crippen LogP contribution in [0.1, 0.15) is 6.92 Å². The van der Waals surface area contributed by atoms with Gasteiger partial charge < -0.3 is 0 Å². The first-order valence-corrected chi connectivity index (χ1v) is 4.83. The lowest BCUT2D eigenvalue weighted by Crippen LogP contribution is -2.21. The van der Waals surface area contributed by atoms with Gasteiger partial charge in [-0.1, -0.05) is 17.7 Å². The molecule has 1 unspecified atom stereocenters. The maximum Gasteiger partial charge on any atom is 0.269 e. The number of amides is 1. The minimum Gasteiger partial charge on any atom is -0.267 e. The van der Waals surface area contributed by atoms with Crippen molar-refractivity contribution in [1.82, 2.24) is 0 Å². The highest BCUT2D eigenvalue weighted by molar-refractivity contribution is 9.12. The Kier molecular flexibility index (Phi) is 2.04. The zero-order chi connectivity index (χ0) is 9.42. The van der Waals surface area contributed by atoms with Crippen LogP contribution < -0.4 is 0 Å². The number of rotatable bonds is 0. The first-order valence-electron chi connectivity index (χ1n) is 4.03. The van der Waals surface area contributed by atoms with Crippen LogP contribution >= 0.6 is 15.9 Å². The molecule has 1 aliphatic carbocycles. The normalized spacial score (nSPS) is 26.2. The van der Waals surface area contributed by atoms with Gasteiger partial charge in [0.15, 0.2) is 0 Å². The van der Waals surface area contributed by atoms with Gasteiger partial charge in [0.2, 0.25) is 0 Å². The third-order valence-electron chi connectivity index (χ3n) is 2.18. The summed E-state index contributed by atoms with van der Waals surface area (Å²) in [6.07, 6.45) is 7.38. The lowest BCUT2D eigenvalue weighted by molar-refractivity contribution is -0.113. The number of dihydropyridines is 1. The summed E-state index contributed by atoms with van der Waals surface area (Å²) >= 11 is 3.38. The van der Waals surface area contributed by atoms with Gasteiger partial charge in [0, 0.05) is 16.5 Å². The predicted octanol–water partition coefficient (Wildman–Crippen LogP) is 2.38. The third kappa shape index (κ3) is 1.44. The largest absolute Gasteiger partial charge is 0.269 e. The number of aliphatic imine (C=N–C) groups is 1. The van der Waals surface area contributed by atoms with E-state index in [-0.39, 0.29) is 11.8 Å². The smallest absolute Gasteiger partial charge is 0.267 e. The molecule has 1 atom stereocenters. The van der Waals surface area contributed by atoms with Gasteiger partial charge >= 0.3 is 0 Å². The topological polar surface area (TPSA) is 29.4 Å². The molecule has 0 N–H and O–H groups in total. The molecular weight excluding hydrogens is 230 g/mol. The molecule has 2 aliphatic rings. The van der Waals surface area contributed by atoms with Gasteiger partial charge in [-0.15, -0.1) is 0 Å². The molecule has 0 spiro atoms. The van der Waals surface area contributed by atoms with Gasteiger partial charge in [-0.3, -0.25) is 4.79 Å². The van der Waals surface area contributed by atoms with Gasteiger partial charge in [0.1, 0.15) is 0 Å². The van der Waals surface area contributed by atoms with Crippen molar-refractivity contribution in [1.29, 1.82) is 0 Å². The number of nitrogens with zero attached hydrogens (tertiary/aromatic N) is 1. The van der Waals surface area contributed by atoms with Crippen LogP contribution in [0, 0.1) is 5.92 Å². The lowest BCUT2D eigenvalue weighted by atomic mass is 9.89. The zero-order valence-electron chi connectivity index (χ0n) is 7.12. The Bertz CT molecular complexity index is 388. The molecule has 0 fully saturated rings. The van der Waals surface area contributed by atoms with Crippen molar-refractivity contribution in [3.63, 3.8) is 0 Å². The van der Waals surface area contributed by atoms with Crippen molar-refractivity contribution in [3.8, 4) is 0 Å². The van der Waals surface area contributed by atoms with E-state index in [4.69, 9.17) is 0 Å². The fourth-order valence-corrected chi connectivity index (χ4v) is 1.93. The quantitative estimate of drug-likeness (QED) is 0.637. The van der Waals surface area contributed by atoms with E-state index < -0.39 is 0 Å². The van der Waals surface area contributed by atoms with Gasteiger partial charge in [-0.05, 0) is 28.9 Å². The molecule has 0 radical (unpaired) electrons. The van der Waals surface area contributed by atoms with Gasteiger partial charge in [-0.25, -0.2) is 4.99 Å². The third-order valence-corrected chi connectivity index (χ3v) is 2.85. The lowest BCUT2D eigenvalue weighted by Gasteiger charge is -2.21. The average Bonchev–Trinajstić information content (AvgIpc) is 2.12. The molecule has 1 amide bonds. The van der Waals surface area contributed by atoms with Crippen LogP contribution in [-0.4, -0.2) is 11.6 Å². The number of halogens is 1. The number of carbonyl (C=O) groups excluding carboxylic acids is 1. The second-order valence-corrected chi connectivity index (χ2v) is 3.95. The molecule has 66 valence electrons. The van der Waals surface area contributed by atoms with E-state index in [0.29, 0.717) is 0 Å². The Balaban J connectivity index is 2.49. The molecule has 0 aromatic heterocycles. The van der Waals surface area contributed by atoms with Crippen LogP contribution in [-0.2, 0) is 4.79 Å². The second kappa shape index (κ2) is 3.07. The zero-order valence-corrected chi connectivity index (χ0v) is 8.71. The number of hydrogen-bond acceptors (Lipinski definition) is 1. The Labute approximate surface area is 84.9 Å². The molecule has 0 aromatic rings. The molecule has 0 saturated carbocycles. The van der Waals surface area contributed by atoms with E-state index in [1.165, 1.54) is 11.6 Å². The molecule has 13 heavy (non-hydrogen) atoms.